The lowest BCUT2D eigenvalue weighted by atomic mass is 10.0. The molecule has 0 spiro atoms. The Morgan fingerprint density at radius 1 is 1.43 bits per heavy atom. The first kappa shape index (κ1) is 17.5. The van der Waals surface area contributed by atoms with Crippen LogP contribution in [0.25, 0.3) is 0 Å². The summed E-state index contributed by atoms with van der Waals surface area (Å²) in [6.07, 6.45) is 5.63. The van der Waals surface area contributed by atoms with Crippen LogP contribution in [0.3, 0.4) is 0 Å². The summed E-state index contributed by atoms with van der Waals surface area (Å²) in [5.41, 5.74) is 1.06. The van der Waals surface area contributed by atoms with E-state index in [0.717, 1.165) is 12.8 Å². The number of aromatic nitrogens is 1. The van der Waals surface area contributed by atoms with Gasteiger partial charge in [-0.1, -0.05) is 25.7 Å². The summed E-state index contributed by atoms with van der Waals surface area (Å²) >= 11 is 1.79. The molecule has 0 fully saturated rings. The number of carbonyl (C=O) groups excluding carboxylic acids is 1. The third-order valence-electron chi connectivity index (χ3n) is 3.60. The molecule has 0 radical (unpaired) electrons. The monoisotopic (exact) mass is 306 g/mol. The fourth-order valence-electron chi connectivity index (χ4n) is 1.94. The average Bonchev–Trinajstić information content (AvgIpc) is 2.55. The van der Waals surface area contributed by atoms with Crippen LogP contribution < -0.4 is 5.32 Å². The van der Waals surface area contributed by atoms with E-state index in [0.29, 0.717) is 17.8 Å². The Labute approximate surface area is 130 Å². The molecule has 0 bridgehead atoms. The van der Waals surface area contributed by atoms with E-state index in [2.05, 4.69) is 42.2 Å². The van der Waals surface area contributed by atoms with Crippen molar-refractivity contribution in [2.24, 2.45) is 0 Å². The van der Waals surface area contributed by atoms with Crippen molar-refractivity contribution in [3.8, 4) is 11.8 Å². The van der Waals surface area contributed by atoms with Crippen molar-refractivity contribution in [2.45, 2.75) is 31.4 Å². The Morgan fingerprint density at radius 3 is 2.62 bits per heavy atom. The van der Waals surface area contributed by atoms with Crippen LogP contribution in [0, 0.1) is 11.8 Å². The topological polar surface area (TPSA) is 62.2 Å². The summed E-state index contributed by atoms with van der Waals surface area (Å²) in [6.45, 7) is 4.72. The maximum Gasteiger partial charge on any atom is 0.269 e. The molecule has 0 saturated heterocycles. The molecule has 0 atom stereocenters. The van der Waals surface area contributed by atoms with E-state index >= 15 is 0 Å². The van der Waals surface area contributed by atoms with Crippen molar-refractivity contribution in [2.75, 3.05) is 19.4 Å². The van der Waals surface area contributed by atoms with Crippen LogP contribution >= 0.6 is 11.8 Å². The first-order chi connectivity index (χ1) is 10.1. The minimum Gasteiger partial charge on any atom is -0.384 e. The van der Waals surface area contributed by atoms with Gasteiger partial charge in [-0.3, -0.25) is 4.79 Å². The van der Waals surface area contributed by atoms with E-state index in [9.17, 15) is 4.79 Å². The second kappa shape index (κ2) is 8.71. The number of rotatable bonds is 6. The van der Waals surface area contributed by atoms with Gasteiger partial charge in [-0.25, -0.2) is 4.98 Å². The average molecular weight is 306 g/mol. The summed E-state index contributed by atoms with van der Waals surface area (Å²) in [4.78, 5) is 16.2. The molecule has 1 aromatic heterocycles. The molecule has 1 amide bonds. The summed E-state index contributed by atoms with van der Waals surface area (Å²) in [5.74, 6) is 5.12. The van der Waals surface area contributed by atoms with Gasteiger partial charge < -0.3 is 10.4 Å². The number of hydrogen-bond acceptors (Lipinski definition) is 4. The van der Waals surface area contributed by atoms with Gasteiger partial charge in [0.2, 0.25) is 0 Å². The summed E-state index contributed by atoms with van der Waals surface area (Å²) in [5, 5.41) is 11.6. The van der Waals surface area contributed by atoms with Gasteiger partial charge in [0.25, 0.3) is 5.91 Å². The van der Waals surface area contributed by atoms with Crippen molar-refractivity contribution >= 4 is 17.7 Å². The second-order valence-electron chi connectivity index (χ2n) is 4.67. The number of aliphatic hydroxyl groups excluding tert-OH is 1. The lowest BCUT2D eigenvalue weighted by Crippen LogP contribution is -2.39. The molecule has 5 heteroatoms. The van der Waals surface area contributed by atoms with Crippen LogP contribution in [0.15, 0.2) is 18.3 Å². The van der Waals surface area contributed by atoms with Gasteiger partial charge in [-0.15, -0.1) is 0 Å². The fraction of sp³-hybridized carbons (Fsp3) is 0.500. The van der Waals surface area contributed by atoms with Crippen LogP contribution in [0.4, 0.5) is 0 Å². The molecule has 21 heavy (non-hydrogen) atoms. The Kier molecular flexibility index (Phi) is 7.27. The van der Waals surface area contributed by atoms with Crippen LogP contribution in [-0.4, -0.2) is 40.2 Å². The first-order valence-corrected chi connectivity index (χ1v) is 8.22. The smallest absolute Gasteiger partial charge is 0.269 e. The minimum atomic E-state index is -0.187. The highest BCUT2D eigenvalue weighted by atomic mass is 32.2. The predicted molar refractivity (Wildman–Crippen MR) is 87.4 cm³/mol. The van der Waals surface area contributed by atoms with Crippen LogP contribution in [0.1, 0.15) is 42.7 Å². The summed E-state index contributed by atoms with van der Waals surface area (Å²) in [7, 11) is 0. The molecule has 0 aliphatic rings. The van der Waals surface area contributed by atoms with Gasteiger partial charge in [-0.2, -0.15) is 11.8 Å². The molecule has 0 unspecified atom stereocenters. The maximum absolute atomic E-state index is 12.1. The van der Waals surface area contributed by atoms with E-state index in [4.69, 9.17) is 5.11 Å². The molecule has 1 aromatic rings. The van der Waals surface area contributed by atoms with Crippen molar-refractivity contribution in [3.63, 3.8) is 0 Å². The standard InChI is InChI=1S/C16H22N2O2S/c1-4-16(5-2,21-3)12-18-15(20)14-9-8-13(11-17-14)7-6-10-19/h8-9,11,19H,4-5,10,12H2,1-3H3,(H,18,20). The molecule has 2 N–H and O–H groups in total. The van der Waals surface area contributed by atoms with Gasteiger partial charge in [0.1, 0.15) is 12.3 Å². The third-order valence-corrected chi connectivity index (χ3v) is 5.19. The molecule has 0 aromatic carbocycles. The second-order valence-corrected chi connectivity index (χ2v) is 5.94. The summed E-state index contributed by atoms with van der Waals surface area (Å²) in [6, 6.07) is 3.38. The summed E-state index contributed by atoms with van der Waals surface area (Å²) < 4.78 is 0.0855. The fourth-order valence-corrected chi connectivity index (χ4v) is 2.73. The van der Waals surface area contributed by atoms with Gasteiger partial charge in [0.15, 0.2) is 0 Å². The molecule has 0 aliphatic carbocycles. The third kappa shape index (κ3) is 5.07. The highest BCUT2D eigenvalue weighted by Gasteiger charge is 2.25. The van der Waals surface area contributed by atoms with Crippen molar-refractivity contribution in [1.29, 1.82) is 0 Å². The zero-order valence-electron chi connectivity index (χ0n) is 12.8. The molecule has 4 nitrogen and oxygen atoms in total. The lowest BCUT2D eigenvalue weighted by molar-refractivity contribution is 0.0944. The predicted octanol–water partition coefficient (Wildman–Crippen LogP) is 2.08. The normalized spacial score (nSPS) is 10.7. The quantitative estimate of drug-likeness (QED) is 0.790. The van der Waals surface area contributed by atoms with Gasteiger partial charge in [0, 0.05) is 23.1 Å². The number of thioether (sulfide) groups is 1. The highest BCUT2D eigenvalue weighted by Crippen LogP contribution is 2.29. The highest BCUT2D eigenvalue weighted by molar-refractivity contribution is 8.00. The molecule has 1 rings (SSSR count). The minimum absolute atomic E-state index is 0.0855. The van der Waals surface area contributed by atoms with Crippen LogP contribution in [0.2, 0.25) is 0 Å². The van der Waals surface area contributed by atoms with Gasteiger partial charge >= 0.3 is 0 Å². The number of hydrogen-bond donors (Lipinski definition) is 2. The van der Waals surface area contributed by atoms with Crippen molar-refractivity contribution in [3.05, 3.63) is 29.6 Å². The number of pyridine rings is 1. The van der Waals surface area contributed by atoms with Crippen molar-refractivity contribution < 1.29 is 9.90 Å². The van der Waals surface area contributed by atoms with E-state index in [1.807, 2.05) is 0 Å². The Hall–Kier alpha value is -1.51. The number of nitrogens with one attached hydrogen (secondary N) is 1. The van der Waals surface area contributed by atoms with E-state index in [-0.39, 0.29) is 17.3 Å². The zero-order valence-corrected chi connectivity index (χ0v) is 13.6. The van der Waals surface area contributed by atoms with E-state index < -0.39 is 0 Å². The molecule has 1 heterocycles. The SMILES string of the molecule is CCC(CC)(CNC(=O)c1ccc(C#CCO)cn1)SC. The number of aliphatic hydroxyl groups is 1. The maximum atomic E-state index is 12.1. The van der Waals surface area contributed by atoms with Gasteiger partial charge in [0.05, 0.1) is 0 Å². The van der Waals surface area contributed by atoms with E-state index in [1.54, 1.807) is 30.1 Å². The Balaban J connectivity index is 2.67. The van der Waals surface area contributed by atoms with Gasteiger partial charge in [-0.05, 0) is 31.2 Å². The number of nitrogens with zero attached hydrogens (tertiary/aromatic N) is 1. The molecule has 0 saturated carbocycles. The number of carbonyl (C=O) groups is 1. The Morgan fingerprint density at radius 2 is 2.14 bits per heavy atom. The zero-order chi connectivity index (χ0) is 15.7. The molecular weight excluding hydrogens is 284 g/mol. The largest absolute Gasteiger partial charge is 0.384 e. The molecule has 114 valence electrons. The van der Waals surface area contributed by atoms with E-state index in [1.165, 1.54) is 0 Å². The Bertz CT molecular complexity index is 505. The number of amides is 1. The molecule has 0 aliphatic heterocycles. The molecular formula is C16H22N2O2S. The van der Waals surface area contributed by atoms with Crippen molar-refractivity contribution in [1.82, 2.24) is 10.3 Å². The first-order valence-electron chi connectivity index (χ1n) is 7.00. The lowest BCUT2D eigenvalue weighted by Gasteiger charge is -2.29. The van der Waals surface area contributed by atoms with Crippen LogP contribution in [-0.2, 0) is 0 Å². The van der Waals surface area contributed by atoms with Crippen LogP contribution in [0.5, 0.6) is 0 Å².